The zero-order chi connectivity index (χ0) is 18.7. The quantitative estimate of drug-likeness (QED) is 0.867. The molecule has 0 unspecified atom stereocenters. The fourth-order valence-electron chi connectivity index (χ4n) is 3.45. The lowest BCUT2D eigenvalue weighted by Gasteiger charge is -2.32. The van der Waals surface area contributed by atoms with Gasteiger partial charge in [-0.1, -0.05) is 40.9 Å². The average Bonchev–Trinajstić information content (AvgIpc) is 2.62. The number of carbonyl (C=O) groups is 2. The summed E-state index contributed by atoms with van der Waals surface area (Å²) in [5.41, 5.74) is 3.43. The lowest BCUT2D eigenvalue weighted by molar-refractivity contribution is -0.121. The Kier molecular flexibility index (Phi) is 5.62. The van der Waals surface area contributed by atoms with Gasteiger partial charge in [-0.05, 0) is 51.0 Å². The van der Waals surface area contributed by atoms with Crippen LogP contribution in [0.1, 0.15) is 34.3 Å². The molecule has 5 heteroatoms. The summed E-state index contributed by atoms with van der Waals surface area (Å²) in [7, 11) is 0. The number of benzene rings is 2. The summed E-state index contributed by atoms with van der Waals surface area (Å²) < 4.78 is 0. The SMILES string of the molecule is Cc1cc(C)cc(C(=O)N2CCC[C@H](C(=O)Nc3ccccc3Cl)C2)c1. The van der Waals surface area contributed by atoms with Crippen LogP contribution in [0.3, 0.4) is 0 Å². The van der Waals surface area contributed by atoms with E-state index in [1.165, 1.54) is 0 Å². The Morgan fingerprint density at radius 2 is 1.81 bits per heavy atom. The summed E-state index contributed by atoms with van der Waals surface area (Å²) >= 11 is 6.12. The van der Waals surface area contributed by atoms with Crippen molar-refractivity contribution in [1.82, 2.24) is 4.90 Å². The Hall–Kier alpha value is -2.33. The highest BCUT2D eigenvalue weighted by Gasteiger charge is 2.29. The van der Waals surface area contributed by atoms with Crippen molar-refractivity contribution in [3.63, 3.8) is 0 Å². The summed E-state index contributed by atoms with van der Waals surface area (Å²) in [6.07, 6.45) is 1.59. The van der Waals surface area contributed by atoms with Crippen LogP contribution in [-0.4, -0.2) is 29.8 Å². The van der Waals surface area contributed by atoms with Crippen molar-refractivity contribution < 1.29 is 9.59 Å². The van der Waals surface area contributed by atoms with Crippen LogP contribution < -0.4 is 5.32 Å². The van der Waals surface area contributed by atoms with E-state index in [0.29, 0.717) is 29.4 Å². The number of carbonyl (C=O) groups excluding carboxylic acids is 2. The summed E-state index contributed by atoms with van der Waals surface area (Å²) in [6, 6.07) is 13.0. The van der Waals surface area contributed by atoms with Crippen molar-refractivity contribution >= 4 is 29.1 Å². The van der Waals surface area contributed by atoms with Gasteiger partial charge in [-0.25, -0.2) is 0 Å². The number of amides is 2. The molecule has 1 fully saturated rings. The molecule has 0 bridgehead atoms. The van der Waals surface area contributed by atoms with Crippen LogP contribution in [-0.2, 0) is 4.79 Å². The van der Waals surface area contributed by atoms with Gasteiger partial charge in [0.2, 0.25) is 5.91 Å². The van der Waals surface area contributed by atoms with Crippen LogP contribution in [0, 0.1) is 19.8 Å². The van der Waals surface area contributed by atoms with Gasteiger partial charge in [0.15, 0.2) is 0 Å². The van der Waals surface area contributed by atoms with Crippen molar-refractivity contribution in [2.75, 3.05) is 18.4 Å². The minimum Gasteiger partial charge on any atom is -0.338 e. The van der Waals surface area contributed by atoms with E-state index in [-0.39, 0.29) is 17.7 Å². The molecule has 2 aromatic carbocycles. The summed E-state index contributed by atoms with van der Waals surface area (Å²) in [5.74, 6) is -0.321. The highest BCUT2D eigenvalue weighted by atomic mass is 35.5. The number of aryl methyl sites for hydroxylation is 2. The van der Waals surface area contributed by atoms with Gasteiger partial charge in [-0.3, -0.25) is 9.59 Å². The molecule has 2 aromatic rings. The first-order valence-electron chi connectivity index (χ1n) is 8.87. The first-order chi connectivity index (χ1) is 12.4. The minimum absolute atomic E-state index is 0.00737. The van der Waals surface area contributed by atoms with E-state index < -0.39 is 0 Å². The number of piperidine rings is 1. The standard InChI is InChI=1S/C21H23ClN2O2/c1-14-10-15(2)12-17(11-14)21(26)24-9-5-6-16(13-24)20(25)23-19-8-4-3-7-18(19)22/h3-4,7-8,10-12,16H,5-6,9,13H2,1-2H3,(H,23,25)/t16-/m0/s1. The molecule has 0 aromatic heterocycles. The van der Waals surface area contributed by atoms with Crippen LogP contribution in [0.2, 0.25) is 5.02 Å². The van der Waals surface area contributed by atoms with Gasteiger partial charge in [0.1, 0.15) is 0 Å². The van der Waals surface area contributed by atoms with Gasteiger partial charge in [-0.15, -0.1) is 0 Å². The summed E-state index contributed by atoms with van der Waals surface area (Å²) in [4.78, 5) is 27.3. The van der Waals surface area contributed by atoms with Crippen molar-refractivity contribution in [2.45, 2.75) is 26.7 Å². The van der Waals surface area contributed by atoms with Gasteiger partial charge < -0.3 is 10.2 Å². The van der Waals surface area contributed by atoms with Crippen LogP contribution >= 0.6 is 11.6 Å². The third-order valence-electron chi connectivity index (χ3n) is 4.68. The fourth-order valence-corrected chi connectivity index (χ4v) is 3.64. The molecule has 3 rings (SSSR count). The molecule has 1 aliphatic rings. The molecule has 0 saturated carbocycles. The normalized spacial score (nSPS) is 17.0. The number of likely N-dealkylation sites (tertiary alicyclic amines) is 1. The van der Waals surface area contributed by atoms with E-state index in [1.807, 2.05) is 44.2 Å². The smallest absolute Gasteiger partial charge is 0.253 e. The van der Waals surface area contributed by atoms with Crippen LogP contribution in [0.15, 0.2) is 42.5 Å². The Balaban J connectivity index is 1.69. The molecule has 1 saturated heterocycles. The van der Waals surface area contributed by atoms with Crippen LogP contribution in [0.25, 0.3) is 0 Å². The number of nitrogens with one attached hydrogen (secondary N) is 1. The van der Waals surface area contributed by atoms with E-state index in [1.54, 1.807) is 17.0 Å². The third-order valence-corrected chi connectivity index (χ3v) is 5.01. The average molecular weight is 371 g/mol. The van der Waals surface area contributed by atoms with Gasteiger partial charge in [0.25, 0.3) is 5.91 Å². The van der Waals surface area contributed by atoms with Gasteiger partial charge >= 0.3 is 0 Å². The molecule has 26 heavy (non-hydrogen) atoms. The number of rotatable bonds is 3. The molecule has 1 heterocycles. The molecule has 136 valence electrons. The van der Waals surface area contributed by atoms with Crippen LogP contribution in [0.5, 0.6) is 0 Å². The maximum Gasteiger partial charge on any atom is 0.253 e. The molecule has 0 radical (unpaired) electrons. The van der Waals surface area contributed by atoms with Gasteiger partial charge in [0, 0.05) is 18.7 Å². The number of para-hydroxylation sites is 1. The molecule has 1 atom stereocenters. The summed E-state index contributed by atoms with van der Waals surface area (Å²) in [5, 5.41) is 3.40. The molecule has 0 spiro atoms. The third kappa shape index (κ3) is 4.25. The highest BCUT2D eigenvalue weighted by Crippen LogP contribution is 2.24. The molecule has 0 aliphatic carbocycles. The molecular weight excluding hydrogens is 348 g/mol. The van der Waals surface area contributed by atoms with Gasteiger partial charge in [0.05, 0.1) is 16.6 Å². The van der Waals surface area contributed by atoms with Crippen LogP contribution in [0.4, 0.5) is 5.69 Å². The largest absolute Gasteiger partial charge is 0.338 e. The lowest BCUT2D eigenvalue weighted by Crippen LogP contribution is -2.43. The zero-order valence-electron chi connectivity index (χ0n) is 15.1. The van der Waals surface area contributed by atoms with E-state index in [9.17, 15) is 9.59 Å². The van der Waals surface area contributed by atoms with Crippen molar-refractivity contribution in [3.05, 3.63) is 64.2 Å². The Morgan fingerprint density at radius 3 is 2.50 bits per heavy atom. The Bertz CT molecular complexity index is 814. The molecular formula is C21H23ClN2O2. The highest BCUT2D eigenvalue weighted by molar-refractivity contribution is 6.33. The maximum absolute atomic E-state index is 12.9. The van der Waals surface area contributed by atoms with E-state index >= 15 is 0 Å². The number of hydrogen-bond acceptors (Lipinski definition) is 2. The van der Waals surface area contributed by atoms with Crippen molar-refractivity contribution in [2.24, 2.45) is 5.92 Å². The van der Waals surface area contributed by atoms with Crippen molar-refractivity contribution in [3.8, 4) is 0 Å². The summed E-state index contributed by atoms with van der Waals surface area (Å²) in [6.45, 7) is 5.09. The molecule has 4 nitrogen and oxygen atoms in total. The number of hydrogen-bond donors (Lipinski definition) is 1. The number of anilines is 1. The Labute approximate surface area is 159 Å². The van der Waals surface area contributed by atoms with E-state index in [4.69, 9.17) is 11.6 Å². The van der Waals surface area contributed by atoms with E-state index in [0.717, 1.165) is 24.0 Å². The maximum atomic E-state index is 12.9. The first kappa shape index (κ1) is 18.5. The fraction of sp³-hybridized carbons (Fsp3) is 0.333. The molecule has 1 aliphatic heterocycles. The topological polar surface area (TPSA) is 49.4 Å². The predicted octanol–water partition coefficient (Wildman–Crippen LogP) is 4.45. The second-order valence-electron chi connectivity index (χ2n) is 6.94. The second kappa shape index (κ2) is 7.92. The molecule has 2 amide bonds. The minimum atomic E-state index is -0.227. The Morgan fingerprint density at radius 1 is 1.12 bits per heavy atom. The second-order valence-corrected chi connectivity index (χ2v) is 7.34. The number of nitrogens with zero attached hydrogens (tertiary/aromatic N) is 1. The molecule has 1 N–H and O–H groups in total. The van der Waals surface area contributed by atoms with E-state index in [2.05, 4.69) is 5.32 Å². The predicted molar refractivity (Wildman–Crippen MR) is 105 cm³/mol. The van der Waals surface area contributed by atoms with Gasteiger partial charge in [-0.2, -0.15) is 0 Å². The number of halogens is 1. The monoisotopic (exact) mass is 370 g/mol. The lowest BCUT2D eigenvalue weighted by atomic mass is 9.96. The zero-order valence-corrected chi connectivity index (χ0v) is 15.8. The first-order valence-corrected chi connectivity index (χ1v) is 9.25. The van der Waals surface area contributed by atoms with Crippen molar-refractivity contribution in [1.29, 1.82) is 0 Å².